The maximum Gasteiger partial charge on any atom is 0.225 e. The fourth-order valence-corrected chi connectivity index (χ4v) is 2.83. The Balaban J connectivity index is 0.00000364. The van der Waals surface area contributed by atoms with Crippen LogP contribution in [-0.4, -0.2) is 63.2 Å². The number of morpholine rings is 1. The molecule has 1 atom stereocenters. The van der Waals surface area contributed by atoms with Gasteiger partial charge in [-0.3, -0.25) is 14.5 Å². The molecule has 1 saturated heterocycles. The highest BCUT2D eigenvalue weighted by atomic mass is 35.5. The van der Waals surface area contributed by atoms with Gasteiger partial charge in [-0.1, -0.05) is 19.1 Å². The van der Waals surface area contributed by atoms with Crippen molar-refractivity contribution >= 4 is 42.3 Å². The predicted octanol–water partition coefficient (Wildman–Crippen LogP) is 1.66. The zero-order chi connectivity index (χ0) is 18.8. The van der Waals surface area contributed by atoms with Gasteiger partial charge in [0.2, 0.25) is 11.8 Å². The quantitative estimate of drug-likeness (QED) is 0.550. The number of nitrogens with one attached hydrogen (secondary N) is 3. The molecule has 1 unspecified atom stereocenters. The van der Waals surface area contributed by atoms with Crippen LogP contribution in [0.15, 0.2) is 24.3 Å². The molecule has 9 heteroatoms. The molecule has 2 amide bonds. The highest BCUT2D eigenvalue weighted by molar-refractivity contribution is 5.90. The van der Waals surface area contributed by atoms with Crippen LogP contribution in [0.25, 0.3) is 0 Å². The number of benzene rings is 1. The predicted molar refractivity (Wildman–Crippen MR) is 116 cm³/mol. The first kappa shape index (κ1) is 26.6. The topological polar surface area (TPSA) is 82.7 Å². The molecule has 0 aliphatic carbocycles. The van der Waals surface area contributed by atoms with Gasteiger partial charge in [-0.15, -0.1) is 24.8 Å². The second kappa shape index (κ2) is 14.6. The van der Waals surface area contributed by atoms with Crippen LogP contribution in [0.1, 0.15) is 18.9 Å². The third-order valence-corrected chi connectivity index (χ3v) is 4.39. The minimum Gasteiger partial charge on any atom is -0.379 e. The molecule has 7 nitrogen and oxygen atoms in total. The summed E-state index contributed by atoms with van der Waals surface area (Å²) in [5.41, 5.74) is 1.72. The highest BCUT2D eigenvalue weighted by Gasteiger charge is 2.13. The molecule has 1 aliphatic heterocycles. The van der Waals surface area contributed by atoms with E-state index in [0.29, 0.717) is 19.5 Å². The van der Waals surface area contributed by atoms with Crippen molar-refractivity contribution in [2.45, 2.75) is 19.9 Å². The molecule has 0 radical (unpaired) electrons. The Morgan fingerprint density at radius 1 is 1.21 bits per heavy atom. The van der Waals surface area contributed by atoms with E-state index in [2.05, 4.69) is 20.9 Å². The standard InChI is InChI=1S/C19H30N4O3.2ClH/c1-15(13-20-2)19(25)21-14-16-4-3-5-17(12-16)22-18(24)6-7-23-8-10-26-11-9-23;;/h3-5,12,15,20H,6-11,13-14H2,1-2H3,(H,21,25)(H,22,24);2*1H. The van der Waals surface area contributed by atoms with Crippen molar-refractivity contribution in [1.29, 1.82) is 0 Å². The van der Waals surface area contributed by atoms with Crippen molar-refractivity contribution in [2.24, 2.45) is 5.92 Å². The van der Waals surface area contributed by atoms with Crippen LogP contribution in [0.5, 0.6) is 0 Å². The molecular formula is C19H32Cl2N4O3. The molecule has 2 rings (SSSR count). The lowest BCUT2D eigenvalue weighted by atomic mass is 10.1. The van der Waals surface area contributed by atoms with Crippen molar-refractivity contribution in [1.82, 2.24) is 15.5 Å². The van der Waals surface area contributed by atoms with Crippen LogP contribution >= 0.6 is 24.8 Å². The average Bonchev–Trinajstić information content (AvgIpc) is 2.66. The fourth-order valence-electron chi connectivity index (χ4n) is 2.83. The summed E-state index contributed by atoms with van der Waals surface area (Å²) in [5, 5.41) is 8.85. The number of hydrogen-bond acceptors (Lipinski definition) is 5. The van der Waals surface area contributed by atoms with Gasteiger partial charge in [0.15, 0.2) is 0 Å². The smallest absolute Gasteiger partial charge is 0.225 e. The number of carbonyl (C=O) groups is 2. The maximum atomic E-state index is 12.1. The molecule has 1 aromatic carbocycles. The molecule has 1 fully saturated rings. The molecule has 1 aliphatic rings. The fraction of sp³-hybridized carbons (Fsp3) is 0.579. The number of rotatable bonds is 9. The van der Waals surface area contributed by atoms with Crippen molar-refractivity contribution in [2.75, 3.05) is 51.8 Å². The molecule has 0 bridgehead atoms. The summed E-state index contributed by atoms with van der Waals surface area (Å²) < 4.78 is 5.31. The first-order chi connectivity index (χ1) is 12.6. The van der Waals surface area contributed by atoms with E-state index < -0.39 is 0 Å². The van der Waals surface area contributed by atoms with E-state index in [1.165, 1.54) is 0 Å². The number of halogens is 2. The van der Waals surface area contributed by atoms with Crippen LogP contribution in [-0.2, 0) is 20.9 Å². The third-order valence-electron chi connectivity index (χ3n) is 4.39. The molecule has 3 N–H and O–H groups in total. The average molecular weight is 435 g/mol. The summed E-state index contributed by atoms with van der Waals surface area (Å²) in [6.07, 6.45) is 0.461. The second-order valence-electron chi connectivity index (χ2n) is 6.63. The van der Waals surface area contributed by atoms with Gasteiger partial charge in [0.05, 0.1) is 13.2 Å². The van der Waals surface area contributed by atoms with E-state index >= 15 is 0 Å². The van der Waals surface area contributed by atoms with Crippen molar-refractivity contribution in [3.8, 4) is 0 Å². The number of anilines is 1. The summed E-state index contributed by atoms with van der Waals surface area (Å²) in [6, 6.07) is 7.58. The molecule has 1 aromatic rings. The monoisotopic (exact) mass is 434 g/mol. The largest absolute Gasteiger partial charge is 0.379 e. The summed E-state index contributed by atoms with van der Waals surface area (Å²) in [5.74, 6) is -0.0670. The Labute approximate surface area is 179 Å². The molecule has 0 saturated carbocycles. The van der Waals surface area contributed by atoms with E-state index in [1.54, 1.807) is 0 Å². The summed E-state index contributed by atoms with van der Waals surface area (Å²) >= 11 is 0. The van der Waals surface area contributed by atoms with Gasteiger partial charge in [-0.2, -0.15) is 0 Å². The van der Waals surface area contributed by atoms with E-state index in [-0.39, 0.29) is 42.5 Å². The van der Waals surface area contributed by atoms with Crippen LogP contribution in [0, 0.1) is 5.92 Å². The number of hydrogen-bond donors (Lipinski definition) is 3. The minimum atomic E-state index is -0.0805. The molecule has 1 heterocycles. The lowest BCUT2D eigenvalue weighted by molar-refractivity contribution is -0.124. The van der Waals surface area contributed by atoms with E-state index in [4.69, 9.17) is 4.74 Å². The number of amides is 2. The summed E-state index contributed by atoms with van der Waals surface area (Å²) in [6.45, 7) is 6.97. The number of ether oxygens (including phenoxy) is 1. The van der Waals surface area contributed by atoms with Gasteiger partial charge in [0.25, 0.3) is 0 Å². The van der Waals surface area contributed by atoms with Crippen LogP contribution in [0.4, 0.5) is 5.69 Å². The van der Waals surface area contributed by atoms with E-state index in [1.807, 2.05) is 38.2 Å². The van der Waals surface area contributed by atoms with Gasteiger partial charge in [-0.05, 0) is 24.7 Å². The van der Waals surface area contributed by atoms with Crippen molar-refractivity contribution < 1.29 is 14.3 Å². The molecule has 28 heavy (non-hydrogen) atoms. The normalized spacial score (nSPS) is 14.9. The number of carbonyl (C=O) groups excluding carboxylic acids is 2. The third kappa shape index (κ3) is 9.71. The Morgan fingerprint density at radius 2 is 1.93 bits per heavy atom. The molecular weight excluding hydrogens is 403 g/mol. The van der Waals surface area contributed by atoms with E-state index in [9.17, 15) is 9.59 Å². The lowest BCUT2D eigenvalue weighted by Gasteiger charge is -2.26. The lowest BCUT2D eigenvalue weighted by Crippen LogP contribution is -2.38. The maximum absolute atomic E-state index is 12.1. The van der Waals surface area contributed by atoms with Crippen molar-refractivity contribution in [3.05, 3.63) is 29.8 Å². The van der Waals surface area contributed by atoms with Crippen molar-refractivity contribution in [3.63, 3.8) is 0 Å². The highest BCUT2D eigenvalue weighted by Crippen LogP contribution is 2.11. The van der Waals surface area contributed by atoms with Crippen LogP contribution in [0.2, 0.25) is 0 Å². The zero-order valence-corrected chi connectivity index (χ0v) is 18.2. The van der Waals surface area contributed by atoms with Gasteiger partial charge >= 0.3 is 0 Å². The van der Waals surface area contributed by atoms with Gasteiger partial charge in [0, 0.05) is 50.7 Å². The van der Waals surface area contributed by atoms with Gasteiger partial charge in [-0.25, -0.2) is 0 Å². The number of nitrogens with zero attached hydrogens (tertiary/aromatic N) is 1. The summed E-state index contributed by atoms with van der Waals surface area (Å²) in [4.78, 5) is 26.4. The Bertz CT molecular complexity index is 598. The van der Waals surface area contributed by atoms with Gasteiger partial charge < -0.3 is 20.7 Å². The molecule has 160 valence electrons. The first-order valence-corrected chi connectivity index (χ1v) is 9.19. The molecule has 0 aromatic heterocycles. The van der Waals surface area contributed by atoms with E-state index in [0.717, 1.165) is 44.1 Å². The van der Waals surface area contributed by atoms with Gasteiger partial charge in [0.1, 0.15) is 0 Å². The first-order valence-electron chi connectivity index (χ1n) is 9.19. The Hall–Kier alpha value is -1.38. The molecule has 0 spiro atoms. The SMILES string of the molecule is CNCC(C)C(=O)NCc1cccc(NC(=O)CCN2CCOCC2)c1.Cl.Cl. The Kier molecular flexibility index (Phi) is 13.9. The minimum absolute atomic E-state index is 0. The Morgan fingerprint density at radius 3 is 2.61 bits per heavy atom. The second-order valence-corrected chi connectivity index (χ2v) is 6.63. The zero-order valence-electron chi connectivity index (χ0n) is 16.5. The van der Waals surface area contributed by atoms with Crippen LogP contribution < -0.4 is 16.0 Å². The van der Waals surface area contributed by atoms with Crippen LogP contribution in [0.3, 0.4) is 0 Å². The summed E-state index contributed by atoms with van der Waals surface area (Å²) in [7, 11) is 1.83.